The molecule has 0 atom stereocenters. The van der Waals surface area contributed by atoms with Crippen molar-refractivity contribution in [2.75, 3.05) is 0 Å². The lowest BCUT2D eigenvalue weighted by atomic mass is 10.1. The normalized spacial score (nSPS) is 11.8. The van der Waals surface area contributed by atoms with Gasteiger partial charge in [0.15, 0.2) is 5.69 Å². The first-order valence-electron chi connectivity index (χ1n) is 4.75. The van der Waals surface area contributed by atoms with Crippen LogP contribution in [0.2, 0.25) is 0 Å². The van der Waals surface area contributed by atoms with Gasteiger partial charge in [0.1, 0.15) is 5.82 Å². The van der Waals surface area contributed by atoms with Crippen LogP contribution in [0, 0.1) is 5.82 Å². The van der Waals surface area contributed by atoms with E-state index in [1.807, 2.05) is 0 Å². The molecule has 1 heterocycles. The largest absolute Gasteiger partial charge is 0.435 e. The van der Waals surface area contributed by atoms with Gasteiger partial charge < -0.3 is 0 Å². The van der Waals surface area contributed by atoms with Crippen molar-refractivity contribution >= 4 is 0 Å². The molecule has 0 spiro atoms. The number of hydrogen-bond acceptors (Lipinski definition) is 1. The zero-order valence-corrected chi connectivity index (χ0v) is 8.79. The molecule has 0 radical (unpaired) electrons. The van der Waals surface area contributed by atoms with Crippen LogP contribution in [0.4, 0.5) is 17.6 Å². The van der Waals surface area contributed by atoms with Crippen molar-refractivity contribution in [3.05, 3.63) is 41.8 Å². The second-order valence-electron chi connectivity index (χ2n) is 3.55. The molecule has 0 aliphatic carbocycles. The summed E-state index contributed by atoms with van der Waals surface area (Å²) in [5.74, 6) is -0.503. The Morgan fingerprint density at radius 1 is 1.18 bits per heavy atom. The van der Waals surface area contributed by atoms with Gasteiger partial charge in [0, 0.05) is 12.6 Å². The van der Waals surface area contributed by atoms with E-state index in [-0.39, 0.29) is 5.69 Å². The van der Waals surface area contributed by atoms with Crippen molar-refractivity contribution in [3.8, 4) is 11.3 Å². The Morgan fingerprint density at radius 2 is 1.88 bits per heavy atom. The Bertz CT molecular complexity index is 543. The summed E-state index contributed by atoms with van der Waals surface area (Å²) in [5, 5.41) is 3.36. The van der Waals surface area contributed by atoms with Crippen molar-refractivity contribution in [3.63, 3.8) is 0 Å². The number of aromatic nitrogens is 2. The van der Waals surface area contributed by atoms with Crippen molar-refractivity contribution in [1.29, 1.82) is 0 Å². The molecule has 0 N–H and O–H groups in total. The van der Waals surface area contributed by atoms with Crippen LogP contribution in [0.5, 0.6) is 0 Å². The van der Waals surface area contributed by atoms with Crippen molar-refractivity contribution in [2.24, 2.45) is 7.05 Å². The maximum absolute atomic E-state index is 13.0. The van der Waals surface area contributed by atoms with E-state index in [0.29, 0.717) is 5.56 Å². The first-order chi connectivity index (χ1) is 7.88. The lowest BCUT2D eigenvalue weighted by Gasteiger charge is -2.00. The maximum Gasteiger partial charge on any atom is 0.435 e. The average Bonchev–Trinajstić information content (AvgIpc) is 2.60. The molecule has 0 bridgehead atoms. The minimum atomic E-state index is -4.50. The summed E-state index contributed by atoms with van der Waals surface area (Å²) in [6.07, 6.45) is -4.50. The Labute approximate surface area is 94.5 Å². The quantitative estimate of drug-likeness (QED) is 0.704. The maximum atomic E-state index is 13.0. The number of hydrogen-bond donors (Lipinski definition) is 0. The van der Waals surface area contributed by atoms with Crippen LogP contribution in [0.25, 0.3) is 11.3 Å². The third-order valence-corrected chi connectivity index (χ3v) is 2.29. The number of aryl methyl sites for hydroxylation is 1. The molecule has 0 aliphatic heterocycles. The van der Waals surface area contributed by atoms with Gasteiger partial charge in [0.25, 0.3) is 0 Å². The third-order valence-electron chi connectivity index (χ3n) is 2.29. The third kappa shape index (κ3) is 2.30. The molecule has 6 heteroatoms. The van der Waals surface area contributed by atoms with Crippen LogP contribution in [-0.4, -0.2) is 9.78 Å². The molecule has 2 nitrogen and oxygen atoms in total. The predicted molar refractivity (Wildman–Crippen MR) is 53.6 cm³/mol. The van der Waals surface area contributed by atoms with Gasteiger partial charge in [-0.3, -0.25) is 4.68 Å². The molecule has 0 saturated heterocycles. The van der Waals surface area contributed by atoms with Crippen LogP contribution in [0.3, 0.4) is 0 Å². The van der Waals surface area contributed by atoms with E-state index in [9.17, 15) is 17.6 Å². The molecular weight excluding hydrogens is 236 g/mol. The van der Waals surface area contributed by atoms with Gasteiger partial charge in [0.05, 0.1) is 5.69 Å². The summed E-state index contributed by atoms with van der Waals surface area (Å²) in [4.78, 5) is 0. The Morgan fingerprint density at radius 3 is 2.41 bits per heavy atom. The average molecular weight is 244 g/mol. The summed E-state index contributed by atoms with van der Waals surface area (Å²) in [7, 11) is 1.38. The molecule has 0 amide bonds. The van der Waals surface area contributed by atoms with Crippen LogP contribution < -0.4 is 0 Å². The minimum Gasteiger partial charge on any atom is -0.267 e. The lowest BCUT2D eigenvalue weighted by molar-refractivity contribution is -0.141. The van der Waals surface area contributed by atoms with Gasteiger partial charge in [0.2, 0.25) is 0 Å². The molecule has 2 rings (SSSR count). The molecule has 0 aliphatic rings. The fourth-order valence-corrected chi connectivity index (χ4v) is 1.52. The van der Waals surface area contributed by atoms with Gasteiger partial charge in [-0.25, -0.2) is 4.39 Å². The summed E-state index contributed by atoms with van der Waals surface area (Å²) < 4.78 is 51.3. The van der Waals surface area contributed by atoms with Crippen LogP contribution >= 0.6 is 0 Å². The number of rotatable bonds is 1. The highest BCUT2D eigenvalue weighted by Crippen LogP contribution is 2.31. The van der Waals surface area contributed by atoms with E-state index < -0.39 is 17.7 Å². The van der Waals surface area contributed by atoms with E-state index >= 15 is 0 Å². The fraction of sp³-hybridized carbons (Fsp3) is 0.182. The van der Waals surface area contributed by atoms with E-state index in [0.717, 1.165) is 16.8 Å². The van der Waals surface area contributed by atoms with Crippen LogP contribution in [0.15, 0.2) is 30.3 Å². The summed E-state index contributed by atoms with van der Waals surface area (Å²) in [6, 6.07) is 6.25. The molecule has 1 aromatic carbocycles. The number of nitrogens with zero attached hydrogens (tertiary/aromatic N) is 2. The number of benzene rings is 1. The molecule has 17 heavy (non-hydrogen) atoms. The van der Waals surface area contributed by atoms with E-state index in [4.69, 9.17) is 0 Å². The summed E-state index contributed by atoms with van der Waals surface area (Å²) >= 11 is 0. The van der Waals surface area contributed by atoms with Gasteiger partial charge in [-0.05, 0) is 18.2 Å². The van der Waals surface area contributed by atoms with E-state index in [1.54, 1.807) is 0 Å². The fourth-order valence-electron chi connectivity index (χ4n) is 1.52. The molecule has 2 aromatic rings. The van der Waals surface area contributed by atoms with Gasteiger partial charge in [-0.1, -0.05) is 12.1 Å². The second-order valence-corrected chi connectivity index (χ2v) is 3.55. The molecule has 0 fully saturated rings. The molecular formula is C11H8F4N2. The van der Waals surface area contributed by atoms with Gasteiger partial charge >= 0.3 is 6.18 Å². The summed E-state index contributed by atoms with van der Waals surface area (Å²) in [5.41, 5.74) is -0.411. The first-order valence-corrected chi connectivity index (χ1v) is 4.75. The topological polar surface area (TPSA) is 17.8 Å². The molecule has 1 aromatic heterocycles. The van der Waals surface area contributed by atoms with Crippen molar-refractivity contribution in [1.82, 2.24) is 9.78 Å². The van der Waals surface area contributed by atoms with Crippen LogP contribution in [0.1, 0.15) is 5.69 Å². The lowest BCUT2D eigenvalue weighted by Crippen LogP contribution is -2.06. The predicted octanol–water partition coefficient (Wildman–Crippen LogP) is 3.25. The van der Waals surface area contributed by atoms with E-state index in [1.165, 1.54) is 25.2 Å². The Kier molecular flexibility index (Phi) is 2.65. The highest BCUT2D eigenvalue weighted by Gasteiger charge is 2.34. The van der Waals surface area contributed by atoms with Crippen molar-refractivity contribution in [2.45, 2.75) is 6.18 Å². The molecule has 0 unspecified atom stereocenters. The van der Waals surface area contributed by atoms with Gasteiger partial charge in [-0.2, -0.15) is 18.3 Å². The first kappa shape index (κ1) is 11.6. The highest BCUT2D eigenvalue weighted by molar-refractivity contribution is 5.60. The standard InChI is InChI=1S/C11H8F4N2/c1-17-9(6-10(16-17)11(13,14)15)7-3-2-4-8(12)5-7/h2-6H,1H3. The SMILES string of the molecule is Cn1nc(C(F)(F)F)cc1-c1cccc(F)c1. The van der Waals surface area contributed by atoms with E-state index in [2.05, 4.69) is 5.10 Å². The Balaban J connectivity index is 2.50. The van der Waals surface area contributed by atoms with Crippen molar-refractivity contribution < 1.29 is 17.6 Å². The minimum absolute atomic E-state index is 0.219. The number of alkyl halides is 3. The summed E-state index contributed by atoms with van der Waals surface area (Å²) in [6.45, 7) is 0. The van der Waals surface area contributed by atoms with Crippen LogP contribution in [-0.2, 0) is 13.2 Å². The van der Waals surface area contributed by atoms with Gasteiger partial charge in [-0.15, -0.1) is 0 Å². The Hall–Kier alpha value is -1.85. The smallest absolute Gasteiger partial charge is 0.267 e. The second kappa shape index (κ2) is 3.87. The number of halogens is 4. The highest BCUT2D eigenvalue weighted by atomic mass is 19.4. The zero-order chi connectivity index (χ0) is 12.6. The molecule has 0 saturated carbocycles. The monoisotopic (exact) mass is 244 g/mol. The molecule has 90 valence electrons. The zero-order valence-electron chi connectivity index (χ0n) is 8.79.